The lowest BCUT2D eigenvalue weighted by molar-refractivity contribution is 0.0940. The summed E-state index contributed by atoms with van der Waals surface area (Å²) >= 11 is 0. The zero-order valence-corrected chi connectivity index (χ0v) is 12.2. The zero-order valence-electron chi connectivity index (χ0n) is 12.2. The Morgan fingerprint density at radius 2 is 1.86 bits per heavy atom. The predicted octanol–water partition coefficient (Wildman–Crippen LogP) is 2.76. The van der Waals surface area contributed by atoms with Crippen LogP contribution in [0.2, 0.25) is 0 Å². The van der Waals surface area contributed by atoms with Crippen molar-refractivity contribution in [1.29, 1.82) is 0 Å². The SMILES string of the molecule is C[C@@H](NC(=O)c1cnn(-c2ccccc2)c1)c1ccncc1. The maximum Gasteiger partial charge on any atom is 0.254 e. The van der Waals surface area contributed by atoms with Crippen LogP contribution in [0.1, 0.15) is 28.9 Å². The smallest absolute Gasteiger partial charge is 0.254 e. The van der Waals surface area contributed by atoms with Crippen LogP contribution in [0.3, 0.4) is 0 Å². The van der Waals surface area contributed by atoms with Gasteiger partial charge in [0.05, 0.1) is 23.5 Å². The van der Waals surface area contributed by atoms with E-state index in [0.29, 0.717) is 5.56 Å². The topological polar surface area (TPSA) is 59.8 Å². The van der Waals surface area contributed by atoms with Crippen LogP contribution >= 0.6 is 0 Å². The first kappa shape index (κ1) is 14.0. The van der Waals surface area contributed by atoms with E-state index >= 15 is 0 Å². The van der Waals surface area contributed by atoms with Crippen LogP contribution in [0, 0.1) is 0 Å². The van der Waals surface area contributed by atoms with E-state index < -0.39 is 0 Å². The van der Waals surface area contributed by atoms with Crippen LogP contribution < -0.4 is 5.32 Å². The minimum Gasteiger partial charge on any atom is -0.345 e. The van der Waals surface area contributed by atoms with Gasteiger partial charge in [-0.25, -0.2) is 4.68 Å². The number of benzene rings is 1. The number of nitrogens with one attached hydrogen (secondary N) is 1. The first-order valence-electron chi connectivity index (χ1n) is 7.05. The van der Waals surface area contributed by atoms with Gasteiger partial charge >= 0.3 is 0 Å². The highest BCUT2D eigenvalue weighted by atomic mass is 16.1. The third-order valence-electron chi connectivity index (χ3n) is 3.42. The highest BCUT2D eigenvalue weighted by Crippen LogP contribution is 2.12. The fourth-order valence-corrected chi connectivity index (χ4v) is 2.18. The number of amides is 1. The van der Waals surface area contributed by atoms with Crippen molar-refractivity contribution in [2.75, 3.05) is 0 Å². The fourth-order valence-electron chi connectivity index (χ4n) is 2.18. The maximum absolute atomic E-state index is 12.3. The van der Waals surface area contributed by atoms with Crippen molar-refractivity contribution in [2.45, 2.75) is 13.0 Å². The average Bonchev–Trinajstić information content (AvgIpc) is 3.06. The van der Waals surface area contributed by atoms with Gasteiger partial charge in [-0.1, -0.05) is 18.2 Å². The Balaban J connectivity index is 1.72. The average molecular weight is 292 g/mol. The molecular weight excluding hydrogens is 276 g/mol. The molecule has 0 unspecified atom stereocenters. The Hall–Kier alpha value is -2.95. The van der Waals surface area contributed by atoms with Crippen molar-refractivity contribution < 1.29 is 4.79 Å². The summed E-state index contributed by atoms with van der Waals surface area (Å²) in [7, 11) is 0. The first-order valence-corrected chi connectivity index (χ1v) is 7.05. The summed E-state index contributed by atoms with van der Waals surface area (Å²) in [6, 6.07) is 13.4. The number of hydrogen-bond donors (Lipinski definition) is 1. The van der Waals surface area contributed by atoms with Crippen molar-refractivity contribution in [2.24, 2.45) is 0 Å². The van der Waals surface area contributed by atoms with Crippen LogP contribution in [0.4, 0.5) is 0 Å². The van der Waals surface area contributed by atoms with Gasteiger partial charge < -0.3 is 5.32 Å². The van der Waals surface area contributed by atoms with Gasteiger partial charge in [-0.05, 0) is 36.8 Å². The van der Waals surface area contributed by atoms with Crippen LogP contribution in [-0.2, 0) is 0 Å². The number of rotatable bonds is 4. The van der Waals surface area contributed by atoms with Crippen LogP contribution in [-0.4, -0.2) is 20.7 Å². The summed E-state index contributed by atoms with van der Waals surface area (Å²) in [5.41, 5.74) is 2.47. The van der Waals surface area contributed by atoms with Gasteiger partial charge in [0.15, 0.2) is 0 Å². The van der Waals surface area contributed by atoms with E-state index in [1.54, 1.807) is 29.5 Å². The molecule has 1 atom stereocenters. The van der Waals surface area contributed by atoms with Crippen molar-refractivity contribution in [3.63, 3.8) is 0 Å². The number of hydrogen-bond acceptors (Lipinski definition) is 3. The van der Waals surface area contributed by atoms with Crippen LogP contribution in [0.15, 0.2) is 67.3 Å². The molecule has 0 saturated heterocycles. The fraction of sp³-hybridized carbons (Fsp3) is 0.118. The number of para-hydroxylation sites is 1. The molecule has 3 aromatic rings. The Morgan fingerprint density at radius 1 is 1.14 bits per heavy atom. The third kappa shape index (κ3) is 3.03. The maximum atomic E-state index is 12.3. The molecule has 0 aliphatic carbocycles. The second-order valence-corrected chi connectivity index (χ2v) is 4.98. The normalized spacial score (nSPS) is 11.9. The Kier molecular flexibility index (Phi) is 3.96. The van der Waals surface area contributed by atoms with Crippen LogP contribution in [0.5, 0.6) is 0 Å². The quantitative estimate of drug-likeness (QED) is 0.804. The molecule has 110 valence electrons. The monoisotopic (exact) mass is 292 g/mol. The Labute approximate surface area is 128 Å². The summed E-state index contributed by atoms with van der Waals surface area (Å²) in [6.45, 7) is 1.94. The summed E-state index contributed by atoms with van der Waals surface area (Å²) in [4.78, 5) is 16.3. The van der Waals surface area contributed by atoms with E-state index in [-0.39, 0.29) is 11.9 Å². The number of aromatic nitrogens is 3. The Bertz CT molecular complexity index is 753. The Morgan fingerprint density at radius 3 is 2.59 bits per heavy atom. The second kappa shape index (κ2) is 6.22. The van der Waals surface area contributed by atoms with Crippen molar-refractivity contribution in [1.82, 2.24) is 20.1 Å². The summed E-state index contributed by atoms with van der Waals surface area (Å²) in [5.74, 6) is -0.147. The minimum absolute atomic E-state index is 0.0874. The zero-order chi connectivity index (χ0) is 15.4. The molecule has 0 aliphatic rings. The molecule has 2 aromatic heterocycles. The lowest BCUT2D eigenvalue weighted by Gasteiger charge is -2.13. The van der Waals surface area contributed by atoms with E-state index in [9.17, 15) is 4.79 Å². The van der Waals surface area contributed by atoms with Gasteiger partial charge in [-0.2, -0.15) is 5.10 Å². The van der Waals surface area contributed by atoms with E-state index in [4.69, 9.17) is 0 Å². The van der Waals surface area contributed by atoms with E-state index in [1.807, 2.05) is 49.4 Å². The predicted molar refractivity (Wildman–Crippen MR) is 83.7 cm³/mol. The molecule has 0 spiro atoms. The van der Waals surface area contributed by atoms with E-state index in [0.717, 1.165) is 11.3 Å². The van der Waals surface area contributed by atoms with Gasteiger partial charge in [0, 0.05) is 18.6 Å². The molecule has 1 N–H and O–H groups in total. The summed E-state index contributed by atoms with van der Waals surface area (Å²) in [6.07, 6.45) is 6.72. The molecule has 5 nitrogen and oxygen atoms in total. The van der Waals surface area contributed by atoms with Crippen LogP contribution in [0.25, 0.3) is 5.69 Å². The van der Waals surface area contributed by atoms with Gasteiger partial charge in [-0.3, -0.25) is 9.78 Å². The van der Waals surface area contributed by atoms with Crippen molar-refractivity contribution in [3.8, 4) is 5.69 Å². The van der Waals surface area contributed by atoms with E-state index in [1.165, 1.54) is 0 Å². The lowest BCUT2D eigenvalue weighted by Crippen LogP contribution is -2.26. The number of carbonyl (C=O) groups excluding carboxylic acids is 1. The third-order valence-corrected chi connectivity index (χ3v) is 3.42. The molecule has 0 radical (unpaired) electrons. The number of nitrogens with zero attached hydrogens (tertiary/aromatic N) is 3. The second-order valence-electron chi connectivity index (χ2n) is 4.98. The molecule has 0 bridgehead atoms. The molecule has 0 aliphatic heterocycles. The van der Waals surface area contributed by atoms with Gasteiger partial charge in [0.1, 0.15) is 0 Å². The molecule has 0 fully saturated rings. The molecule has 2 heterocycles. The first-order chi connectivity index (χ1) is 10.7. The molecule has 5 heteroatoms. The molecule has 1 aromatic carbocycles. The molecule has 3 rings (SSSR count). The van der Waals surface area contributed by atoms with Crippen molar-refractivity contribution >= 4 is 5.91 Å². The number of pyridine rings is 1. The number of carbonyl (C=O) groups is 1. The molecule has 0 saturated carbocycles. The van der Waals surface area contributed by atoms with E-state index in [2.05, 4.69) is 15.4 Å². The molecule has 1 amide bonds. The minimum atomic E-state index is -0.147. The highest BCUT2D eigenvalue weighted by Gasteiger charge is 2.13. The largest absolute Gasteiger partial charge is 0.345 e. The highest BCUT2D eigenvalue weighted by molar-refractivity contribution is 5.94. The molecular formula is C17H16N4O. The summed E-state index contributed by atoms with van der Waals surface area (Å²) < 4.78 is 1.69. The van der Waals surface area contributed by atoms with Gasteiger partial charge in [0.2, 0.25) is 0 Å². The van der Waals surface area contributed by atoms with Gasteiger partial charge in [-0.15, -0.1) is 0 Å². The molecule has 22 heavy (non-hydrogen) atoms. The summed E-state index contributed by atoms with van der Waals surface area (Å²) in [5, 5.41) is 7.19. The van der Waals surface area contributed by atoms with Crippen molar-refractivity contribution in [3.05, 3.63) is 78.4 Å². The standard InChI is InChI=1S/C17H16N4O/c1-13(14-7-9-18-10-8-14)20-17(22)15-11-19-21(12-15)16-5-3-2-4-6-16/h2-13H,1H3,(H,20,22)/t13-/m1/s1. The lowest BCUT2D eigenvalue weighted by atomic mass is 10.1. The van der Waals surface area contributed by atoms with Gasteiger partial charge in [0.25, 0.3) is 5.91 Å².